The van der Waals surface area contributed by atoms with Gasteiger partial charge in [-0.05, 0) is 61.9 Å². The molecule has 33 heavy (non-hydrogen) atoms. The molecular weight excluding hydrogens is 408 g/mol. The van der Waals surface area contributed by atoms with E-state index in [1.807, 2.05) is 27.0 Å². The van der Waals surface area contributed by atoms with Crippen molar-refractivity contribution in [2.45, 2.75) is 79.7 Å². The predicted molar refractivity (Wildman–Crippen MR) is 134 cm³/mol. The number of carbonyl (C=O) groups is 2. The number of carbonyl (C=O) groups excluding carboxylic acids is 2. The highest BCUT2D eigenvalue weighted by Gasteiger charge is 2.35. The molecule has 0 radical (unpaired) electrons. The van der Waals surface area contributed by atoms with Gasteiger partial charge in [0.05, 0.1) is 12.2 Å². The molecule has 0 spiro atoms. The molecule has 0 saturated heterocycles. The van der Waals surface area contributed by atoms with Gasteiger partial charge >= 0.3 is 0 Å². The highest BCUT2D eigenvalue weighted by atomic mass is 16.1. The summed E-state index contributed by atoms with van der Waals surface area (Å²) in [5, 5.41) is 1.03. The zero-order valence-electron chi connectivity index (χ0n) is 20.9. The summed E-state index contributed by atoms with van der Waals surface area (Å²) in [5.41, 5.74) is 5.62. The molecule has 4 heteroatoms. The SMILES string of the molecule is CC(=O)C(C)(C)Cc1c(C(=O)C2CCC2)c2cc(C(C)C)ccc2n1Cc1ccc(C)cn1. The molecule has 2 aromatic heterocycles. The Bertz CT molecular complexity index is 1190. The van der Waals surface area contributed by atoms with Crippen LogP contribution in [0.2, 0.25) is 0 Å². The molecule has 2 heterocycles. The van der Waals surface area contributed by atoms with Crippen LogP contribution in [-0.2, 0) is 17.8 Å². The lowest BCUT2D eigenvalue weighted by Crippen LogP contribution is -2.28. The second-order valence-corrected chi connectivity index (χ2v) is 10.8. The first-order chi connectivity index (χ1) is 15.6. The molecule has 0 aliphatic heterocycles. The van der Waals surface area contributed by atoms with Gasteiger partial charge in [0.2, 0.25) is 0 Å². The highest BCUT2D eigenvalue weighted by Crippen LogP contribution is 2.39. The van der Waals surface area contributed by atoms with Crippen molar-refractivity contribution < 1.29 is 9.59 Å². The summed E-state index contributed by atoms with van der Waals surface area (Å²) in [6, 6.07) is 10.7. The molecule has 1 aliphatic rings. The van der Waals surface area contributed by atoms with E-state index in [0.717, 1.165) is 52.7 Å². The predicted octanol–water partition coefficient (Wildman–Crippen LogP) is 6.66. The van der Waals surface area contributed by atoms with Crippen molar-refractivity contribution in [3.05, 3.63) is 64.6 Å². The van der Waals surface area contributed by atoms with E-state index in [0.29, 0.717) is 18.9 Å². The normalized spacial score (nSPS) is 14.6. The van der Waals surface area contributed by atoms with Crippen molar-refractivity contribution in [1.82, 2.24) is 9.55 Å². The van der Waals surface area contributed by atoms with Gasteiger partial charge in [-0.1, -0.05) is 46.2 Å². The van der Waals surface area contributed by atoms with Gasteiger partial charge in [-0.25, -0.2) is 0 Å². The smallest absolute Gasteiger partial charge is 0.168 e. The van der Waals surface area contributed by atoms with Crippen LogP contribution in [0.15, 0.2) is 36.5 Å². The number of pyridine rings is 1. The third-order valence-electron chi connectivity index (χ3n) is 7.44. The number of ketones is 2. The molecular formula is C29H36N2O2. The zero-order chi connectivity index (χ0) is 23.9. The maximum Gasteiger partial charge on any atom is 0.168 e. The Morgan fingerprint density at radius 2 is 1.88 bits per heavy atom. The minimum Gasteiger partial charge on any atom is -0.338 e. The number of Topliss-reactive ketones (excluding diaryl/α,β-unsaturated/α-hetero) is 2. The van der Waals surface area contributed by atoms with Crippen molar-refractivity contribution in [1.29, 1.82) is 0 Å². The molecule has 0 atom stereocenters. The lowest BCUT2D eigenvalue weighted by atomic mass is 9.77. The lowest BCUT2D eigenvalue weighted by molar-refractivity contribution is -0.124. The van der Waals surface area contributed by atoms with Gasteiger partial charge in [-0.3, -0.25) is 14.6 Å². The molecule has 0 bridgehead atoms. The quantitative estimate of drug-likeness (QED) is 0.365. The molecule has 1 aliphatic carbocycles. The van der Waals surface area contributed by atoms with Crippen LogP contribution in [-0.4, -0.2) is 21.1 Å². The van der Waals surface area contributed by atoms with Crippen LogP contribution >= 0.6 is 0 Å². The number of aryl methyl sites for hydroxylation is 1. The van der Waals surface area contributed by atoms with E-state index in [4.69, 9.17) is 0 Å². The van der Waals surface area contributed by atoms with Gasteiger partial charge in [0.15, 0.2) is 5.78 Å². The van der Waals surface area contributed by atoms with Crippen LogP contribution in [0.25, 0.3) is 10.9 Å². The number of hydrogen-bond donors (Lipinski definition) is 0. The fourth-order valence-corrected chi connectivity index (χ4v) is 4.60. The minimum absolute atomic E-state index is 0.100. The number of rotatable bonds is 8. The summed E-state index contributed by atoms with van der Waals surface area (Å²) in [4.78, 5) is 30.9. The summed E-state index contributed by atoms with van der Waals surface area (Å²) in [7, 11) is 0. The van der Waals surface area contributed by atoms with Crippen LogP contribution in [0.4, 0.5) is 0 Å². The average Bonchev–Trinajstić information content (AvgIpc) is 3.00. The van der Waals surface area contributed by atoms with E-state index in [1.165, 1.54) is 5.56 Å². The minimum atomic E-state index is -0.553. The van der Waals surface area contributed by atoms with E-state index in [-0.39, 0.29) is 17.5 Å². The number of aromatic nitrogens is 2. The maximum atomic E-state index is 13.8. The van der Waals surface area contributed by atoms with Crippen molar-refractivity contribution in [2.75, 3.05) is 0 Å². The van der Waals surface area contributed by atoms with E-state index in [2.05, 4.69) is 53.7 Å². The Labute approximate surface area is 197 Å². The summed E-state index contributed by atoms with van der Waals surface area (Å²) < 4.78 is 2.24. The van der Waals surface area contributed by atoms with Gasteiger partial charge in [0, 0.05) is 46.1 Å². The molecule has 0 N–H and O–H groups in total. The lowest BCUT2D eigenvalue weighted by Gasteiger charge is -2.27. The molecule has 1 fully saturated rings. The topological polar surface area (TPSA) is 52.0 Å². The van der Waals surface area contributed by atoms with Crippen molar-refractivity contribution in [3.8, 4) is 0 Å². The van der Waals surface area contributed by atoms with Gasteiger partial charge in [0.1, 0.15) is 5.78 Å². The van der Waals surface area contributed by atoms with E-state index < -0.39 is 5.41 Å². The Morgan fingerprint density at radius 3 is 2.42 bits per heavy atom. The fraction of sp³-hybridized carbons (Fsp3) is 0.483. The second kappa shape index (κ2) is 8.89. The summed E-state index contributed by atoms with van der Waals surface area (Å²) in [6.45, 7) is 12.6. The molecule has 4 nitrogen and oxygen atoms in total. The van der Waals surface area contributed by atoms with Gasteiger partial charge < -0.3 is 4.57 Å². The summed E-state index contributed by atoms with van der Waals surface area (Å²) in [5.74, 6) is 0.860. The molecule has 3 aromatic rings. The molecule has 0 unspecified atom stereocenters. The largest absolute Gasteiger partial charge is 0.338 e. The number of hydrogen-bond acceptors (Lipinski definition) is 3. The third-order valence-corrected chi connectivity index (χ3v) is 7.44. The maximum absolute atomic E-state index is 13.8. The van der Waals surface area contributed by atoms with Crippen LogP contribution in [0.5, 0.6) is 0 Å². The second-order valence-electron chi connectivity index (χ2n) is 10.8. The Kier molecular flexibility index (Phi) is 6.30. The molecule has 1 saturated carbocycles. The Balaban J connectivity index is 1.97. The summed E-state index contributed by atoms with van der Waals surface area (Å²) in [6.07, 6.45) is 5.47. The first kappa shape index (κ1) is 23.4. The molecule has 4 rings (SSSR count). The van der Waals surface area contributed by atoms with Gasteiger partial charge in [-0.2, -0.15) is 0 Å². The fourth-order valence-electron chi connectivity index (χ4n) is 4.60. The first-order valence-corrected chi connectivity index (χ1v) is 12.2. The van der Waals surface area contributed by atoms with Crippen molar-refractivity contribution >= 4 is 22.5 Å². The number of benzene rings is 1. The van der Waals surface area contributed by atoms with Gasteiger partial charge in [-0.15, -0.1) is 0 Å². The van der Waals surface area contributed by atoms with Crippen molar-refractivity contribution in [3.63, 3.8) is 0 Å². The molecule has 174 valence electrons. The third kappa shape index (κ3) is 4.53. The summed E-state index contributed by atoms with van der Waals surface area (Å²) >= 11 is 0. The van der Waals surface area contributed by atoms with E-state index in [1.54, 1.807) is 6.92 Å². The first-order valence-electron chi connectivity index (χ1n) is 12.2. The number of fused-ring (bicyclic) bond motifs is 1. The van der Waals surface area contributed by atoms with Crippen LogP contribution < -0.4 is 0 Å². The Morgan fingerprint density at radius 1 is 1.15 bits per heavy atom. The van der Waals surface area contributed by atoms with Crippen LogP contribution in [0.1, 0.15) is 92.7 Å². The average molecular weight is 445 g/mol. The van der Waals surface area contributed by atoms with Crippen LogP contribution in [0, 0.1) is 18.3 Å². The highest BCUT2D eigenvalue weighted by molar-refractivity contribution is 6.11. The van der Waals surface area contributed by atoms with Crippen LogP contribution in [0.3, 0.4) is 0 Å². The molecule has 0 amide bonds. The van der Waals surface area contributed by atoms with Crippen molar-refractivity contribution in [2.24, 2.45) is 11.3 Å². The Hall–Kier alpha value is -2.75. The monoisotopic (exact) mass is 444 g/mol. The standard InChI is InChI=1S/C29H36N2O2/c1-18(2)22-11-13-25-24(14-22)27(28(33)21-8-7-9-21)26(15-29(5,6)20(4)32)31(25)17-23-12-10-19(3)16-30-23/h10-14,16,18,21H,7-9,15,17H2,1-6H3. The van der Waals surface area contributed by atoms with Gasteiger partial charge in [0.25, 0.3) is 0 Å². The molecule has 1 aromatic carbocycles. The zero-order valence-corrected chi connectivity index (χ0v) is 20.9. The van der Waals surface area contributed by atoms with E-state index in [9.17, 15) is 9.59 Å². The number of nitrogens with zero attached hydrogens (tertiary/aromatic N) is 2. The van der Waals surface area contributed by atoms with E-state index >= 15 is 0 Å².